The summed E-state index contributed by atoms with van der Waals surface area (Å²) in [6, 6.07) is 2.91. The molecule has 0 saturated heterocycles. The number of hydrogen-bond acceptors (Lipinski definition) is 2. The van der Waals surface area contributed by atoms with Gasteiger partial charge in [0.2, 0.25) is 0 Å². The Morgan fingerprint density at radius 2 is 1.44 bits per heavy atom. The van der Waals surface area contributed by atoms with Gasteiger partial charge in [0, 0.05) is 11.5 Å². The molecule has 0 rings (SSSR count). The van der Waals surface area contributed by atoms with Crippen LogP contribution < -0.4 is 0 Å². The summed E-state index contributed by atoms with van der Waals surface area (Å²) in [5, 5.41) is 10.5. The average Bonchev–Trinajstić information content (AvgIpc) is 2.40. The van der Waals surface area contributed by atoms with Crippen molar-refractivity contribution in [1.82, 2.24) is 0 Å². The molecule has 0 aromatic carbocycles. The molecule has 0 aliphatic carbocycles. The zero-order valence-electron chi connectivity index (χ0n) is 13.0. The molecular weight excluding hydrogens is 240 g/mol. The predicted molar refractivity (Wildman–Crippen MR) is 81.6 cm³/mol. The molecule has 2 nitrogen and oxygen atoms in total. The predicted octanol–water partition coefficient (Wildman–Crippen LogP) is 4.87. The largest absolute Gasteiger partial charge is 0.512 e. The van der Waals surface area contributed by atoms with Gasteiger partial charge in [0.25, 0.3) is 0 Å². The van der Waals surface area contributed by atoms with Gasteiger partial charge in [0.15, 0.2) is 0 Å². The van der Waals surface area contributed by atoms with Crippen molar-refractivity contribution in [2.24, 2.45) is 5.41 Å². The Morgan fingerprint density at radius 1 is 1.06 bits per heavy atom. The van der Waals surface area contributed by atoms with Crippen LogP contribution in [0.3, 0.4) is 0 Å². The third-order valence-electron chi connectivity index (χ3n) is 5.00. The van der Waals surface area contributed by atoms with Crippen molar-refractivity contribution >= 4 is 13.5 Å². The van der Waals surface area contributed by atoms with Crippen LogP contribution in [-0.4, -0.2) is 18.6 Å². The molecule has 0 atom stereocenters. The highest BCUT2D eigenvalue weighted by Gasteiger charge is 2.36. The third kappa shape index (κ3) is 3.47. The third-order valence-corrected chi connectivity index (χ3v) is 10.3. The SMILES string of the molecule is CCC(C)(CC)/C(O)=C/C(=O)[Si](CC)(CC)CC. The van der Waals surface area contributed by atoms with Gasteiger partial charge in [-0.15, -0.1) is 0 Å². The summed E-state index contributed by atoms with van der Waals surface area (Å²) in [5.74, 6) is 0.282. The fourth-order valence-electron chi connectivity index (χ4n) is 2.34. The van der Waals surface area contributed by atoms with Crippen molar-refractivity contribution in [3.05, 3.63) is 11.8 Å². The van der Waals surface area contributed by atoms with Crippen LogP contribution in [0.1, 0.15) is 54.4 Å². The monoisotopic (exact) mass is 270 g/mol. The molecule has 0 radical (unpaired) electrons. The Morgan fingerprint density at radius 3 is 1.72 bits per heavy atom. The van der Waals surface area contributed by atoms with Crippen LogP contribution in [0.4, 0.5) is 0 Å². The van der Waals surface area contributed by atoms with Crippen LogP contribution in [-0.2, 0) is 4.79 Å². The minimum absolute atomic E-state index is 0.223. The average molecular weight is 270 g/mol. The van der Waals surface area contributed by atoms with E-state index in [9.17, 15) is 9.90 Å². The molecule has 0 saturated carbocycles. The second-order valence-corrected chi connectivity index (χ2v) is 10.7. The number of carbonyl (C=O) groups is 1. The summed E-state index contributed by atoms with van der Waals surface area (Å²) in [7, 11) is -1.86. The minimum atomic E-state index is -1.86. The summed E-state index contributed by atoms with van der Waals surface area (Å²) in [6.07, 6.45) is 3.27. The molecule has 0 aliphatic rings. The molecule has 106 valence electrons. The van der Waals surface area contributed by atoms with Crippen molar-refractivity contribution in [3.63, 3.8) is 0 Å². The first kappa shape index (κ1) is 17.4. The molecule has 0 aromatic heterocycles. The number of rotatable bonds is 8. The molecule has 18 heavy (non-hydrogen) atoms. The van der Waals surface area contributed by atoms with Gasteiger partial charge < -0.3 is 9.90 Å². The van der Waals surface area contributed by atoms with E-state index in [1.54, 1.807) is 6.08 Å². The molecule has 1 N–H and O–H groups in total. The highest BCUT2D eigenvalue weighted by Crippen LogP contribution is 2.33. The molecule has 0 aliphatic heterocycles. The molecule has 0 bridgehead atoms. The van der Waals surface area contributed by atoms with E-state index in [4.69, 9.17) is 0 Å². The summed E-state index contributed by atoms with van der Waals surface area (Å²) in [6.45, 7) is 12.5. The second-order valence-electron chi connectivity index (χ2n) is 5.50. The molecule has 0 amide bonds. The molecular formula is C15H30O2Si. The lowest BCUT2D eigenvalue weighted by Crippen LogP contribution is -2.41. The number of carbonyl (C=O) groups excluding carboxylic acids is 1. The van der Waals surface area contributed by atoms with Gasteiger partial charge in [-0.2, -0.15) is 0 Å². The van der Waals surface area contributed by atoms with E-state index in [1.807, 2.05) is 6.92 Å². The van der Waals surface area contributed by atoms with Crippen molar-refractivity contribution < 1.29 is 9.90 Å². The van der Waals surface area contributed by atoms with Crippen molar-refractivity contribution in [2.45, 2.75) is 72.5 Å². The van der Waals surface area contributed by atoms with E-state index >= 15 is 0 Å². The molecule has 0 heterocycles. The lowest BCUT2D eigenvalue weighted by molar-refractivity contribution is -0.109. The standard InChI is InChI=1S/C15H30O2Si/c1-7-15(6,8-2)13(16)12-14(17)18(9-3,10-4)11-5/h12,16H,7-11H2,1-6H3/b13-12-. The van der Waals surface area contributed by atoms with E-state index in [-0.39, 0.29) is 16.6 Å². The molecule has 0 unspecified atom stereocenters. The summed E-state index contributed by atoms with van der Waals surface area (Å²) >= 11 is 0. The van der Waals surface area contributed by atoms with E-state index in [2.05, 4.69) is 34.6 Å². The fraction of sp³-hybridized carbons (Fsp3) is 0.800. The first-order chi connectivity index (χ1) is 8.35. The van der Waals surface area contributed by atoms with E-state index < -0.39 is 8.07 Å². The van der Waals surface area contributed by atoms with Gasteiger partial charge in [-0.05, 0) is 12.8 Å². The lowest BCUT2D eigenvalue weighted by atomic mass is 9.82. The fourth-order valence-corrected chi connectivity index (χ4v) is 5.32. The van der Waals surface area contributed by atoms with Crippen molar-refractivity contribution in [1.29, 1.82) is 0 Å². The minimum Gasteiger partial charge on any atom is -0.512 e. The molecule has 0 aromatic rings. The van der Waals surface area contributed by atoms with E-state index in [0.717, 1.165) is 31.0 Å². The van der Waals surface area contributed by atoms with Gasteiger partial charge in [-0.3, -0.25) is 0 Å². The molecule has 0 spiro atoms. The Hall–Kier alpha value is -0.573. The van der Waals surface area contributed by atoms with Crippen LogP contribution in [0.25, 0.3) is 0 Å². The van der Waals surface area contributed by atoms with Gasteiger partial charge in [0.05, 0.1) is 0 Å². The quantitative estimate of drug-likeness (QED) is 0.388. The summed E-state index contributed by atoms with van der Waals surface area (Å²) in [5.41, 5.74) is -0.245. The highest BCUT2D eigenvalue weighted by molar-refractivity contribution is 7.07. The Balaban J connectivity index is 5.24. The van der Waals surface area contributed by atoms with Crippen LogP contribution in [0.5, 0.6) is 0 Å². The Kier molecular flexibility index (Phi) is 6.90. The number of hydrogen-bond donors (Lipinski definition) is 1. The van der Waals surface area contributed by atoms with Gasteiger partial charge in [-0.25, -0.2) is 0 Å². The maximum absolute atomic E-state index is 12.5. The van der Waals surface area contributed by atoms with Crippen LogP contribution in [0.15, 0.2) is 11.8 Å². The van der Waals surface area contributed by atoms with Crippen LogP contribution in [0.2, 0.25) is 18.1 Å². The normalized spacial score (nSPS) is 13.8. The van der Waals surface area contributed by atoms with Gasteiger partial charge in [-0.1, -0.05) is 59.7 Å². The van der Waals surface area contributed by atoms with E-state index in [0.29, 0.717) is 0 Å². The zero-order chi connectivity index (χ0) is 14.4. The van der Waals surface area contributed by atoms with Gasteiger partial charge in [0.1, 0.15) is 19.2 Å². The first-order valence-corrected chi connectivity index (χ1v) is 9.93. The lowest BCUT2D eigenvalue weighted by Gasteiger charge is -2.28. The second kappa shape index (κ2) is 7.12. The smallest absolute Gasteiger partial charge is 0.137 e. The zero-order valence-corrected chi connectivity index (χ0v) is 14.0. The summed E-state index contributed by atoms with van der Waals surface area (Å²) in [4.78, 5) is 12.5. The summed E-state index contributed by atoms with van der Waals surface area (Å²) < 4.78 is 0. The molecule has 0 fully saturated rings. The first-order valence-electron chi connectivity index (χ1n) is 7.31. The number of aliphatic hydroxyl groups excluding tert-OH is 1. The van der Waals surface area contributed by atoms with Crippen LogP contribution >= 0.6 is 0 Å². The maximum atomic E-state index is 12.5. The number of aliphatic hydroxyl groups is 1. The highest BCUT2D eigenvalue weighted by atomic mass is 28.3. The van der Waals surface area contributed by atoms with Gasteiger partial charge >= 0.3 is 0 Å². The number of allylic oxidation sites excluding steroid dienone is 2. The van der Waals surface area contributed by atoms with E-state index in [1.165, 1.54) is 0 Å². The van der Waals surface area contributed by atoms with Crippen LogP contribution in [0, 0.1) is 5.41 Å². The maximum Gasteiger partial charge on any atom is 0.137 e. The van der Waals surface area contributed by atoms with Crippen molar-refractivity contribution in [2.75, 3.05) is 0 Å². The Labute approximate surface area is 113 Å². The Bertz CT molecular complexity index is 291. The molecule has 3 heteroatoms. The van der Waals surface area contributed by atoms with Crippen molar-refractivity contribution in [3.8, 4) is 0 Å². The topological polar surface area (TPSA) is 37.3 Å².